The quantitative estimate of drug-likeness (QED) is 0.333. The fourth-order valence-corrected chi connectivity index (χ4v) is 3.99. The average Bonchev–Trinajstić information content (AvgIpc) is 3.14. The van der Waals surface area contributed by atoms with Gasteiger partial charge >= 0.3 is 5.97 Å². The Labute approximate surface area is 172 Å². The van der Waals surface area contributed by atoms with Crippen molar-refractivity contribution in [1.29, 1.82) is 0 Å². The van der Waals surface area contributed by atoms with Crippen LogP contribution in [0.3, 0.4) is 0 Å². The van der Waals surface area contributed by atoms with Crippen LogP contribution in [0.15, 0.2) is 60.7 Å². The smallest absolute Gasteiger partial charge is 0.338 e. The highest BCUT2D eigenvalue weighted by atomic mass is 32.1. The van der Waals surface area contributed by atoms with E-state index in [4.69, 9.17) is 4.74 Å². The number of thiazole rings is 1. The Kier molecular flexibility index (Phi) is 5.53. The third-order valence-electron chi connectivity index (χ3n) is 4.61. The number of nitrogens with one attached hydrogen (secondary N) is 1. The highest BCUT2D eigenvalue weighted by molar-refractivity contribution is 7.22. The van der Waals surface area contributed by atoms with Gasteiger partial charge in [0, 0.05) is 5.56 Å². The van der Waals surface area contributed by atoms with Gasteiger partial charge in [0.2, 0.25) is 0 Å². The van der Waals surface area contributed by atoms with Crippen molar-refractivity contribution in [2.75, 3.05) is 11.9 Å². The summed E-state index contributed by atoms with van der Waals surface area (Å²) in [7, 11) is 0. The van der Waals surface area contributed by atoms with E-state index >= 15 is 0 Å². The molecule has 0 bridgehead atoms. The predicted octanol–water partition coefficient (Wildman–Crippen LogP) is 5.66. The number of hydrogen-bond donors (Lipinski definition) is 1. The van der Waals surface area contributed by atoms with E-state index in [9.17, 15) is 9.59 Å². The van der Waals surface area contributed by atoms with Crippen molar-refractivity contribution in [1.82, 2.24) is 4.98 Å². The molecule has 1 aromatic heterocycles. The largest absolute Gasteiger partial charge is 0.462 e. The fraction of sp³-hybridized carbons (Fsp3) is 0.174. The van der Waals surface area contributed by atoms with Gasteiger partial charge in [-0.1, -0.05) is 61.1 Å². The highest BCUT2D eigenvalue weighted by Crippen LogP contribution is 2.28. The van der Waals surface area contributed by atoms with Crippen molar-refractivity contribution in [3.8, 4) is 0 Å². The molecular weight excluding hydrogens is 384 g/mol. The average molecular weight is 404 g/mol. The third kappa shape index (κ3) is 4.12. The molecule has 5 nitrogen and oxygen atoms in total. The Bertz CT molecular complexity index is 1190. The van der Waals surface area contributed by atoms with Gasteiger partial charge in [0.05, 0.1) is 22.4 Å². The fourth-order valence-electron chi connectivity index (χ4n) is 3.09. The van der Waals surface area contributed by atoms with E-state index in [-0.39, 0.29) is 11.9 Å². The summed E-state index contributed by atoms with van der Waals surface area (Å²) in [6.45, 7) is 2.47. The molecule has 0 aliphatic carbocycles. The van der Waals surface area contributed by atoms with Gasteiger partial charge in [0.1, 0.15) is 0 Å². The van der Waals surface area contributed by atoms with E-state index in [1.165, 1.54) is 11.3 Å². The first kappa shape index (κ1) is 19.1. The zero-order valence-corrected chi connectivity index (χ0v) is 16.8. The van der Waals surface area contributed by atoms with Crippen molar-refractivity contribution in [3.05, 3.63) is 71.8 Å². The van der Waals surface area contributed by atoms with Crippen LogP contribution in [0, 0.1) is 0 Å². The summed E-state index contributed by atoms with van der Waals surface area (Å²) in [5.41, 5.74) is 1.82. The number of fused-ring (bicyclic) bond motifs is 2. The van der Waals surface area contributed by atoms with Crippen molar-refractivity contribution in [3.63, 3.8) is 0 Å². The number of nitrogens with zero attached hydrogens (tertiary/aromatic N) is 1. The summed E-state index contributed by atoms with van der Waals surface area (Å²) >= 11 is 1.33. The van der Waals surface area contributed by atoms with Gasteiger partial charge in [-0.25, -0.2) is 9.78 Å². The minimum absolute atomic E-state index is 0.208. The summed E-state index contributed by atoms with van der Waals surface area (Å²) in [4.78, 5) is 29.4. The van der Waals surface area contributed by atoms with Gasteiger partial charge in [-0.2, -0.15) is 0 Å². The van der Waals surface area contributed by atoms with E-state index in [0.717, 1.165) is 33.8 Å². The summed E-state index contributed by atoms with van der Waals surface area (Å²) < 4.78 is 6.09. The molecule has 0 radical (unpaired) electrons. The molecule has 1 heterocycles. The van der Waals surface area contributed by atoms with Gasteiger partial charge in [0.15, 0.2) is 5.13 Å². The van der Waals surface area contributed by atoms with Crippen LogP contribution in [0.1, 0.15) is 40.5 Å². The second-order valence-corrected chi connectivity index (χ2v) is 7.70. The number of amides is 1. The number of benzene rings is 3. The molecule has 146 valence electrons. The van der Waals surface area contributed by atoms with Gasteiger partial charge in [-0.15, -0.1) is 0 Å². The Hall–Kier alpha value is -3.25. The molecule has 3 aromatic carbocycles. The molecule has 0 aliphatic heterocycles. The molecule has 0 unspecified atom stereocenters. The number of anilines is 1. The Balaban J connectivity index is 1.55. The van der Waals surface area contributed by atoms with Crippen LogP contribution in [-0.4, -0.2) is 23.5 Å². The lowest BCUT2D eigenvalue weighted by Gasteiger charge is -2.05. The van der Waals surface area contributed by atoms with Crippen molar-refractivity contribution in [2.24, 2.45) is 0 Å². The van der Waals surface area contributed by atoms with E-state index in [1.807, 2.05) is 43.3 Å². The maximum absolute atomic E-state index is 12.8. The molecule has 1 amide bonds. The molecular formula is C23H20N2O3S. The van der Waals surface area contributed by atoms with Gasteiger partial charge in [-0.05, 0) is 41.5 Å². The first-order valence-corrected chi connectivity index (χ1v) is 10.3. The molecule has 0 saturated heterocycles. The lowest BCUT2D eigenvalue weighted by atomic mass is 10.0. The SMILES string of the molecule is CCCCOC(=O)c1ccc2nc(NC(=O)c3cccc4ccccc34)sc2c1. The number of ether oxygens (including phenoxy) is 1. The number of carbonyl (C=O) groups is 2. The van der Waals surface area contributed by atoms with Crippen LogP contribution >= 0.6 is 11.3 Å². The number of aromatic nitrogens is 1. The summed E-state index contributed by atoms with van der Waals surface area (Å²) in [5, 5.41) is 5.28. The Morgan fingerprint density at radius 2 is 1.90 bits per heavy atom. The molecule has 4 rings (SSSR count). The minimum Gasteiger partial charge on any atom is -0.462 e. The highest BCUT2D eigenvalue weighted by Gasteiger charge is 2.14. The van der Waals surface area contributed by atoms with E-state index in [1.54, 1.807) is 24.3 Å². The van der Waals surface area contributed by atoms with E-state index < -0.39 is 0 Å². The molecule has 0 atom stereocenters. The van der Waals surface area contributed by atoms with Gasteiger partial charge in [0.25, 0.3) is 5.91 Å². The zero-order valence-electron chi connectivity index (χ0n) is 16.0. The molecule has 0 spiro atoms. The second-order valence-electron chi connectivity index (χ2n) is 6.67. The lowest BCUT2D eigenvalue weighted by molar-refractivity contribution is 0.0500. The van der Waals surface area contributed by atoms with Crippen molar-refractivity contribution < 1.29 is 14.3 Å². The maximum Gasteiger partial charge on any atom is 0.338 e. The topological polar surface area (TPSA) is 68.3 Å². The maximum atomic E-state index is 12.8. The van der Waals surface area contributed by atoms with Crippen LogP contribution < -0.4 is 5.32 Å². The Morgan fingerprint density at radius 3 is 2.76 bits per heavy atom. The third-order valence-corrected chi connectivity index (χ3v) is 5.54. The first-order chi connectivity index (χ1) is 14.2. The van der Waals surface area contributed by atoms with Gasteiger partial charge in [-0.3, -0.25) is 10.1 Å². The standard InChI is InChI=1S/C23H20N2O3S/c1-2-3-13-28-22(27)16-11-12-19-20(14-16)29-23(24-19)25-21(26)18-10-6-8-15-7-4-5-9-17(15)18/h4-12,14H,2-3,13H2,1H3,(H,24,25,26). The minimum atomic E-state index is -0.338. The van der Waals surface area contributed by atoms with Crippen LogP contribution in [0.4, 0.5) is 5.13 Å². The molecule has 4 aromatic rings. The molecule has 6 heteroatoms. The van der Waals surface area contributed by atoms with Crippen LogP contribution in [0.2, 0.25) is 0 Å². The zero-order chi connectivity index (χ0) is 20.2. The summed E-state index contributed by atoms with van der Waals surface area (Å²) in [6, 6.07) is 18.6. The monoisotopic (exact) mass is 404 g/mol. The summed E-state index contributed by atoms with van der Waals surface area (Å²) in [6.07, 6.45) is 1.82. The second kappa shape index (κ2) is 8.41. The molecule has 0 aliphatic rings. The number of esters is 1. The van der Waals surface area contributed by atoms with E-state index in [0.29, 0.717) is 22.9 Å². The molecule has 0 fully saturated rings. The van der Waals surface area contributed by atoms with Crippen molar-refractivity contribution >= 4 is 49.3 Å². The number of unbranched alkanes of at least 4 members (excludes halogenated alkanes) is 1. The number of hydrogen-bond acceptors (Lipinski definition) is 5. The van der Waals surface area contributed by atoms with Crippen LogP contribution in [0.5, 0.6) is 0 Å². The van der Waals surface area contributed by atoms with Gasteiger partial charge < -0.3 is 4.74 Å². The van der Waals surface area contributed by atoms with Crippen LogP contribution in [0.25, 0.3) is 21.0 Å². The van der Waals surface area contributed by atoms with E-state index in [2.05, 4.69) is 10.3 Å². The van der Waals surface area contributed by atoms with Crippen LogP contribution in [-0.2, 0) is 4.74 Å². The normalized spacial score (nSPS) is 10.9. The lowest BCUT2D eigenvalue weighted by Crippen LogP contribution is -2.12. The number of rotatable bonds is 6. The number of carbonyl (C=O) groups excluding carboxylic acids is 2. The Morgan fingerprint density at radius 1 is 1.07 bits per heavy atom. The van der Waals surface area contributed by atoms with Crippen molar-refractivity contribution in [2.45, 2.75) is 19.8 Å². The first-order valence-electron chi connectivity index (χ1n) is 9.52. The molecule has 29 heavy (non-hydrogen) atoms. The molecule has 0 saturated carbocycles. The predicted molar refractivity (Wildman–Crippen MR) is 117 cm³/mol. The molecule has 1 N–H and O–H groups in total. The summed E-state index contributed by atoms with van der Waals surface area (Å²) in [5.74, 6) is -0.546.